The first-order chi connectivity index (χ1) is 14.4. The lowest BCUT2D eigenvalue weighted by molar-refractivity contribution is -0.119. The van der Waals surface area contributed by atoms with Crippen molar-refractivity contribution >= 4 is 29.3 Å². The molecular formula is C21H21N3O6. The highest BCUT2D eigenvalue weighted by Crippen LogP contribution is 2.47. The highest BCUT2D eigenvalue weighted by Gasteiger charge is 2.44. The first-order valence-electron chi connectivity index (χ1n) is 9.58. The number of hydrogen-bond donors (Lipinski definition) is 3. The molecule has 9 heteroatoms. The van der Waals surface area contributed by atoms with Gasteiger partial charge in [-0.05, 0) is 49.2 Å². The largest absolute Gasteiger partial charge is 0.452 e. The molecule has 1 fully saturated rings. The molecule has 2 aromatic carbocycles. The van der Waals surface area contributed by atoms with Gasteiger partial charge in [-0.2, -0.15) is 0 Å². The maximum absolute atomic E-state index is 12.2. The van der Waals surface area contributed by atoms with Gasteiger partial charge in [0.2, 0.25) is 0 Å². The molecule has 1 aliphatic heterocycles. The number of ether oxygens (including phenoxy) is 3. The van der Waals surface area contributed by atoms with E-state index >= 15 is 0 Å². The minimum absolute atomic E-state index is 0.239. The molecule has 4 N–H and O–H groups in total. The van der Waals surface area contributed by atoms with Gasteiger partial charge in [-0.15, -0.1) is 0 Å². The normalized spacial score (nSPS) is 15.6. The predicted octanol–water partition coefficient (Wildman–Crippen LogP) is 3.01. The zero-order valence-corrected chi connectivity index (χ0v) is 16.1. The molecule has 2 aliphatic rings. The first kappa shape index (κ1) is 19.6. The van der Waals surface area contributed by atoms with Crippen LogP contribution in [0, 0.1) is 0 Å². The van der Waals surface area contributed by atoms with E-state index in [4.69, 9.17) is 19.9 Å². The van der Waals surface area contributed by atoms with E-state index in [2.05, 4.69) is 10.6 Å². The van der Waals surface area contributed by atoms with Crippen LogP contribution in [0.15, 0.2) is 42.5 Å². The van der Waals surface area contributed by atoms with Crippen molar-refractivity contribution in [2.45, 2.75) is 31.5 Å². The zero-order valence-electron chi connectivity index (χ0n) is 16.1. The molecule has 0 saturated heterocycles. The lowest BCUT2D eigenvalue weighted by Crippen LogP contribution is -2.34. The zero-order chi connectivity index (χ0) is 21.1. The van der Waals surface area contributed by atoms with Gasteiger partial charge in [0, 0.05) is 30.3 Å². The second-order valence-corrected chi connectivity index (χ2v) is 7.17. The molecule has 0 bridgehead atoms. The fourth-order valence-electron chi connectivity index (χ4n) is 3.53. The van der Waals surface area contributed by atoms with Crippen LogP contribution in [0.1, 0.15) is 36.0 Å². The van der Waals surface area contributed by atoms with Crippen molar-refractivity contribution in [3.05, 3.63) is 48.0 Å². The average molecular weight is 411 g/mol. The molecule has 4 rings (SSSR count). The van der Waals surface area contributed by atoms with Gasteiger partial charge in [0.25, 0.3) is 11.7 Å². The second-order valence-electron chi connectivity index (χ2n) is 7.17. The summed E-state index contributed by atoms with van der Waals surface area (Å²) in [4.78, 5) is 35.0. The van der Waals surface area contributed by atoms with Crippen LogP contribution in [0.2, 0.25) is 0 Å². The van der Waals surface area contributed by atoms with Gasteiger partial charge in [-0.1, -0.05) is 0 Å². The summed E-state index contributed by atoms with van der Waals surface area (Å²) in [5.41, 5.74) is 6.23. The van der Waals surface area contributed by atoms with E-state index in [9.17, 15) is 14.4 Å². The van der Waals surface area contributed by atoms with Gasteiger partial charge in [0.1, 0.15) is 0 Å². The molecule has 1 spiro atoms. The average Bonchev–Trinajstić information content (AvgIpc) is 3.31. The van der Waals surface area contributed by atoms with Crippen LogP contribution >= 0.6 is 0 Å². The number of hydrogen-bond acceptors (Lipinski definition) is 6. The molecule has 1 heterocycles. The van der Waals surface area contributed by atoms with Crippen molar-refractivity contribution in [1.82, 2.24) is 0 Å². The molecule has 3 amide bonds. The minimum Gasteiger partial charge on any atom is -0.452 e. The number of carbonyl (C=O) groups excluding carboxylic acids is 3. The number of rotatable bonds is 5. The first-order valence-corrected chi connectivity index (χ1v) is 9.58. The maximum atomic E-state index is 12.2. The molecule has 0 aromatic heterocycles. The van der Waals surface area contributed by atoms with Crippen molar-refractivity contribution < 1.29 is 28.6 Å². The third kappa shape index (κ3) is 4.29. The summed E-state index contributed by atoms with van der Waals surface area (Å²) in [5.74, 6) is -0.454. The van der Waals surface area contributed by atoms with Gasteiger partial charge < -0.3 is 30.6 Å². The van der Waals surface area contributed by atoms with Crippen molar-refractivity contribution in [2.75, 3.05) is 17.2 Å². The van der Waals surface area contributed by atoms with E-state index < -0.39 is 30.3 Å². The summed E-state index contributed by atoms with van der Waals surface area (Å²) in [6.45, 7) is -0.446. The Morgan fingerprint density at radius 3 is 2.30 bits per heavy atom. The third-order valence-electron chi connectivity index (χ3n) is 4.91. The molecule has 156 valence electrons. The Bertz CT molecular complexity index is 983. The monoisotopic (exact) mass is 411 g/mol. The number of nitrogens with two attached hydrogens (primary N) is 1. The lowest BCUT2D eigenvalue weighted by atomic mass is 10.2. The van der Waals surface area contributed by atoms with Crippen LogP contribution in [-0.2, 0) is 9.53 Å². The van der Waals surface area contributed by atoms with Gasteiger partial charge in [-0.3, -0.25) is 4.79 Å². The van der Waals surface area contributed by atoms with Crippen LogP contribution in [0.3, 0.4) is 0 Å². The van der Waals surface area contributed by atoms with Gasteiger partial charge >= 0.3 is 12.0 Å². The van der Waals surface area contributed by atoms with E-state index in [1.807, 2.05) is 0 Å². The Morgan fingerprint density at radius 1 is 0.933 bits per heavy atom. The summed E-state index contributed by atoms with van der Waals surface area (Å²) >= 11 is 0. The summed E-state index contributed by atoms with van der Waals surface area (Å²) in [5, 5.41) is 5.06. The van der Waals surface area contributed by atoms with Gasteiger partial charge in [0.05, 0.1) is 5.56 Å². The van der Waals surface area contributed by atoms with Gasteiger partial charge in [0.15, 0.2) is 18.1 Å². The number of carbonyl (C=O) groups is 3. The van der Waals surface area contributed by atoms with Crippen molar-refractivity contribution in [3.63, 3.8) is 0 Å². The number of urea groups is 1. The Hall–Kier alpha value is -3.75. The minimum atomic E-state index is -0.705. The van der Waals surface area contributed by atoms with E-state index in [0.29, 0.717) is 22.9 Å². The molecule has 0 radical (unpaired) electrons. The topological polar surface area (TPSA) is 129 Å². The number of esters is 1. The lowest BCUT2D eigenvalue weighted by Gasteiger charge is -2.21. The van der Waals surface area contributed by atoms with Crippen LogP contribution in [0.25, 0.3) is 0 Å². The number of nitrogens with one attached hydrogen (secondary N) is 2. The quantitative estimate of drug-likeness (QED) is 0.649. The Kier molecular flexibility index (Phi) is 5.18. The number of fused-ring (bicyclic) bond motifs is 1. The van der Waals surface area contributed by atoms with E-state index in [1.54, 1.807) is 18.2 Å². The molecule has 30 heavy (non-hydrogen) atoms. The third-order valence-corrected chi connectivity index (χ3v) is 4.91. The van der Waals surface area contributed by atoms with Crippen LogP contribution in [0.4, 0.5) is 16.2 Å². The van der Waals surface area contributed by atoms with Crippen LogP contribution in [0.5, 0.6) is 11.5 Å². The summed E-state index contributed by atoms with van der Waals surface area (Å²) < 4.78 is 16.9. The molecule has 9 nitrogen and oxygen atoms in total. The SMILES string of the molecule is NC(=O)Nc1ccc(C(=O)OCC(=O)Nc2ccc3c(c2)OC2(CCCC2)O3)cc1. The Balaban J connectivity index is 1.29. The van der Waals surface area contributed by atoms with Crippen LogP contribution in [-0.4, -0.2) is 30.3 Å². The Labute approximate surface area is 172 Å². The van der Waals surface area contributed by atoms with E-state index in [0.717, 1.165) is 25.7 Å². The van der Waals surface area contributed by atoms with Crippen molar-refractivity contribution in [3.8, 4) is 11.5 Å². The number of primary amides is 1. The summed E-state index contributed by atoms with van der Waals surface area (Å²) in [7, 11) is 0. The number of amides is 3. The number of anilines is 2. The standard InChI is InChI=1S/C21H21N3O6/c22-20(27)24-14-5-3-13(4-6-14)19(26)28-12-18(25)23-15-7-8-16-17(11-15)30-21(29-16)9-1-2-10-21/h3-8,11H,1-2,9-10,12H2,(H,23,25)(H3,22,24,27). The van der Waals surface area contributed by atoms with Crippen LogP contribution < -0.4 is 25.8 Å². The Morgan fingerprint density at radius 2 is 1.60 bits per heavy atom. The summed E-state index contributed by atoms with van der Waals surface area (Å²) in [6.07, 6.45) is 3.82. The van der Waals surface area contributed by atoms with Gasteiger partial charge in [-0.25, -0.2) is 9.59 Å². The summed E-state index contributed by atoms with van der Waals surface area (Å²) in [6, 6.07) is 10.4. The maximum Gasteiger partial charge on any atom is 0.338 e. The molecule has 2 aromatic rings. The molecule has 0 atom stereocenters. The highest BCUT2D eigenvalue weighted by atomic mass is 16.7. The van der Waals surface area contributed by atoms with Crippen molar-refractivity contribution in [1.29, 1.82) is 0 Å². The van der Waals surface area contributed by atoms with Crippen molar-refractivity contribution in [2.24, 2.45) is 5.73 Å². The fraction of sp³-hybridized carbons (Fsp3) is 0.286. The van der Waals surface area contributed by atoms with E-state index in [1.165, 1.54) is 24.3 Å². The highest BCUT2D eigenvalue weighted by molar-refractivity contribution is 5.96. The smallest absolute Gasteiger partial charge is 0.338 e. The fourth-order valence-corrected chi connectivity index (χ4v) is 3.53. The van der Waals surface area contributed by atoms with E-state index in [-0.39, 0.29) is 5.56 Å². The predicted molar refractivity (Wildman–Crippen MR) is 107 cm³/mol. The molecular weight excluding hydrogens is 390 g/mol. The second kappa shape index (κ2) is 7.94. The number of benzene rings is 2. The molecule has 1 aliphatic carbocycles. The molecule has 0 unspecified atom stereocenters. The molecule has 1 saturated carbocycles.